The highest BCUT2D eigenvalue weighted by atomic mass is 79.9. The predicted molar refractivity (Wildman–Crippen MR) is 65.7 cm³/mol. The number of hydrogen-bond donors (Lipinski definition) is 1. The van der Waals surface area contributed by atoms with Gasteiger partial charge in [-0.15, -0.1) is 0 Å². The minimum Gasteiger partial charge on any atom is -0.351 e. The van der Waals surface area contributed by atoms with Gasteiger partial charge in [-0.05, 0) is 17.7 Å². The Bertz CT molecular complexity index is 467. The van der Waals surface area contributed by atoms with E-state index >= 15 is 0 Å². The van der Waals surface area contributed by atoms with Crippen molar-refractivity contribution in [1.29, 1.82) is 0 Å². The molecule has 0 aromatic heterocycles. The summed E-state index contributed by atoms with van der Waals surface area (Å²) in [6, 6.07) is 7.42. The molecule has 1 amide bonds. The second kappa shape index (κ2) is 5.45. The Kier molecular flexibility index (Phi) is 4.49. The molecule has 0 aliphatic rings. The molecule has 0 fully saturated rings. The van der Waals surface area contributed by atoms with E-state index in [2.05, 4.69) is 21.2 Å². The number of nitrogens with one attached hydrogen (secondary N) is 1. The van der Waals surface area contributed by atoms with Crippen LogP contribution in [0.3, 0.4) is 0 Å². The van der Waals surface area contributed by atoms with Gasteiger partial charge in [-0.3, -0.25) is 4.79 Å². The maximum Gasteiger partial charge on any atom is 0.235 e. The highest BCUT2D eigenvalue weighted by Gasteiger charge is 2.09. The zero-order valence-electron chi connectivity index (χ0n) is 8.73. The third kappa shape index (κ3) is 5.27. The highest BCUT2D eigenvalue weighted by molar-refractivity contribution is 9.10. The fraction of sp³-hybridized carbons (Fsp3) is 0.300. The standard InChI is InChI=1S/C10H12BrNO3S/c1-16(14,15)7-10(13)12-6-8-2-4-9(11)5-3-8/h2-5H,6-7H2,1H3,(H,12,13). The molecule has 16 heavy (non-hydrogen) atoms. The summed E-state index contributed by atoms with van der Waals surface area (Å²) in [6.07, 6.45) is 1.03. The third-order valence-electron chi connectivity index (χ3n) is 1.80. The zero-order valence-corrected chi connectivity index (χ0v) is 11.1. The fourth-order valence-corrected chi connectivity index (χ4v) is 1.93. The zero-order chi connectivity index (χ0) is 12.2. The fourth-order valence-electron chi connectivity index (χ4n) is 1.09. The smallest absolute Gasteiger partial charge is 0.235 e. The van der Waals surface area contributed by atoms with Gasteiger partial charge in [0.15, 0.2) is 9.84 Å². The molecule has 0 saturated carbocycles. The summed E-state index contributed by atoms with van der Waals surface area (Å²) in [5, 5.41) is 2.54. The monoisotopic (exact) mass is 305 g/mol. The van der Waals surface area contributed by atoms with Crippen molar-refractivity contribution >= 4 is 31.7 Å². The van der Waals surface area contributed by atoms with Gasteiger partial charge in [-0.2, -0.15) is 0 Å². The first-order valence-electron chi connectivity index (χ1n) is 4.56. The van der Waals surface area contributed by atoms with Crippen LogP contribution in [0.15, 0.2) is 28.7 Å². The first kappa shape index (κ1) is 13.2. The van der Waals surface area contributed by atoms with Crippen LogP contribution >= 0.6 is 15.9 Å². The van der Waals surface area contributed by atoms with Gasteiger partial charge in [0.2, 0.25) is 5.91 Å². The Morgan fingerprint density at radius 2 is 1.88 bits per heavy atom. The molecule has 1 aromatic rings. The van der Waals surface area contributed by atoms with E-state index in [1.165, 1.54) is 0 Å². The molecule has 4 nitrogen and oxygen atoms in total. The largest absolute Gasteiger partial charge is 0.351 e. The summed E-state index contributed by atoms with van der Waals surface area (Å²) in [5.41, 5.74) is 0.921. The molecule has 0 aliphatic carbocycles. The van der Waals surface area contributed by atoms with Crippen molar-refractivity contribution in [2.45, 2.75) is 6.54 Å². The Balaban J connectivity index is 2.46. The second-order valence-corrected chi connectivity index (χ2v) is 6.53. The Morgan fingerprint density at radius 1 is 1.31 bits per heavy atom. The van der Waals surface area contributed by atoms with E-state index in [-0.39, 0.29) is 0 Å². The normalized spacial score (nSPS) is 11.1. The first-order chi connectivity index (χ1) is 7.37. The van der Waals surface area contributed by atoms with Crippen LogP contribution in [-0.2, 0) is 21.2 Å². The SMILES string of the molecule is CS(=O)(=O)CC(=O)NCc1ccc(Br)cc1. The van der Waals surface area contributed by atoms with E-state index in [9.17, 15) is 13.2 Å². The van der Waals surface area contributed by atoms with Gasteiger partial charge in [0, 0.05) is 17.3 Å². The lowest BCUT2D eigenvalue weighted by atomic mass is 10.2. The van der Waals surface area contributed by atoms with Crippen molar-refractivity contribution in [2.75, 3.05) is 12.0 Å². The lowest BCUT2D eigenvalue weighted by Crippen LogP contribution is -2.29. The quantitative estimate of drug-likeness (QED) is 0.906. The topological polar surface area (TPSA) is 63.2 Å². The van der Waals surface area contributed by atoms with Crippen molar-refractivity contribution in [2.24, 2.45) is 0 Å². The summed E-state index contributed by atoms with van der Waals surface area (Å²) in [7, 11) is -3.25. The lowest BCUT2D eigenvalue weighted by molar-refractivity contribution is -0.118. The number of benzene rings is 1. The van der Waals surface area contributed by atoms with Crippen LogP contribution in [0.4, 0.5) is 0 Å². The second-order valence-electron chi connectivity index (χ2n) is 3.47. The van der Waals surface area contributed by atoms with Crippen molar-refractivity contribution < 1.29 is 13.2 Å². The minimum atomic E-state index is -3.25. The van der Waals surface area contributed by atoms with Crippen LogP contribution in [0.5, 0.6) is 0 Å². The van der Waals surface area contributed by atoms with Gasteiger partial charge >= 0.3 is 0 Å². The highest BCUT2D eigenvalue weighted by Crippen LogP contribution is 2.10. The van der Waals surface area contributed by atoms with Crippen molar-refractivity contribution in [3.05, 3.63) is 34.3 Å². The summed E-state index contributed by atoms with van der Waals surface area (Å²) < 4.78 is 22.6. The molecule has 0 saturated heterocycles. The molecule has 88 valence electrons. The number of carbonyl (C=O) groups is 1. The average Bonchev–Trinajstić information content (AvgIpc) is 2.14. The summed E-state index contributed by atoms with van der Waals surface area (Å²) >= 11 is 3.30. The van der Waals surface area contributed by atoms with Crippen LogP contribution in [-0.4, -0.2) is 26.3 Å². The molecule has 1 rings (SSSR count). The van der Waals surface area contributed by atoms with E-state index in [1.54, 1.807) is 0 Å². The van der Waals surface area contributed by atoms with E-state index in [0.717, 1.165) is 16.3 Å². The van der Waals surface area contributed by atoms with Crippen LogP contribution in [0, 0.1) is 0 Å². The molecule has 0 unspecified atom stereocenters. The van der Waals surface area contributed by atoms with Crippen LogP contribution in [0.25, 0.3) is 0 Å². The van der Waals surface area contributed by atoms with Crippen LogP contribution in [0.1, 0.15) is 5.56 Å². The molecule has 0 spiro atoms. The third-order valence-corrected chi connectivity index (χ3v) is 3.11. The van der Waals surface area contributed by atoms with Gasteiger partial charge in [0.25, 0.3) is 0 Å². The first-order valence-corrected chi connectivity index (χ1v) is 7.41. The minimum absolute atomic E-state index is 0.335. The number of amides is 1. The van der Waals surface area contributed by atoms with Gasteiger partial charge in [0.1, 0.15) is 5.75 Å². The Morgan fingerprint density at radius 3 is 2.38 bits per heavy atom. The van der Waals surface area contributed by atoms with Crippen LogP contribution < -0.4 is 5.32 Å². The Labute approximate surface area is 103 Å². The van der Waals surface area contributed by atoms with Crippen molar-refractivity contribution in [3.63, 3.8) is 0 Å². The molecule has 0 aliphatic heterocycles. The molecule has 6 heteroatoms. The molecule has 1 N–H and O–H groups in total. The van der Waals surface area contributed by atoms with Crippen LogP contribution in [0.2, 0.25) is 0 Å². The summed E-state index contributed by atoms with van der Waals surface area (Å²) in [4.78, 5) is 11.2. The van der Waals surface area contributed by atoms with Gasteiger partial charge in [-0.25, -0.2) is 8.42 Å². The molecular weight excluding hydrogens is 294 g/mol. The number of sulfone groups is 1. The van der Waals surface area contributed by atoms with E-state index < -0.39 is 21.5 Å². The summed E-state index contributed by atoms with van der Waals surface area (Å²) in [6.45, 7) is 0.335. The van der Waals surface area contributed by atoms with E-state index in [0.29, 0.717) is 6.54 Å². The molecular formula is C10H12BrNO3S. The molecule has 0 bridgehead atoms. The maximum atomic E-state index is 11.2. The van der Waals surface area contributed by atoms with E-state index in [1.807, 2.05) is 24.3 Å². The number of hydrogen-bond acceptors (Lipinski definition) is 3. The Hall–Kier alpha value is -0.880. The predicted octanol–water partition coefficient (Wildman–Crippen LogP) is 1.11. The molecule has 0 heterocycles. The number of rotatable bonds is 4. The number of carbonyl (C=O) groups excluding carboxylic acids is 1. The molecule has 0 atom stereocenters. The lowest BCUT2D eigenvalue weighted by Gasteiger charge is -2.04. The number of halogens is 1. The maximum absolute atomic E-state index is 11.2. The van der Waals surface area contributed by atoms with Crippen molar-refractivity contribution in [3.8, 4) is 0 Å². The average molecular weight is 306 g/mol. The molecule has 1 aromatic carbocycles. The van der Waals surface area contributed by atoms with Gasteiger partial charge < -0.3 is 5.32 Å². The molecule has 0 radical (unpaired) electrons. The summed E-state index contributed by atoms with van der Waals surface area (Å²) in [5.74, 6) is -0.950. The van der Waals surface area contributed by atoms with E-state index in [4.69, 9.17) is 0 Å². The van der Waals surface area contributed by atoms with Gasteiger partial charge in [0.05, 0.1) is 0 Å². The van der Waals surface area contributed by atoms with Crippen molar-refractivity contribution in [1.82, 2.24) is 5.32 Å². The van der Waals surface area contributed by atoms with Gasteiger partial charge in [-0.1, -0.05) is 28.1 Å².